The van der Waals surface area contributed by atoms with Crippen LogP contribution in [0.15, 0.2) is 24.3 Å². The summed E-state index contributed by atoms with van der Waals surface area (Å²) in [6.45, 7) is 5.66. The van der Waals surface area contributed by atoms with Gasteiger partial charge in [-0.1, -0.05) is 18.2 Å². The van der Waals surface area contributed by atoms with Gasteiger partial charge in [-0.15, -0.1) is 24.8 Å². The normalized spacial score (nSPS) is 22.0. The molecule has 0 aliphatic carbocycles. The Labute approximate surface area is 154 Å². The van der Waals surface area contributed by atoms with E-state index in [1.54, 1.807) is 0 Å². The molecule has 4 nitrogen and oxygen atoms in total. The van der Waals surface area contributed by atoms with Crippen molar-refractivity contribution in [1.82, 2.24) is 15.2 Å². The number of halogens is 2. The molecule has 0 saturated carbocycles. The highest BCUT2D eigenvalue weighted by atomic mass is 35.5. The van der Waals surface area contributed by atoms with Gasteiger partial charge in [-0.3, -0.25) is 9.78 Å². The maximum absolute atomic E-state index is 13.1. The smallest absolute Gasteiger partial charge is 0.254 e. The molecule has 2 atom stereocenters. The van der Waals surface area contributed by atoms with Gasteiger partial charge >= 0.3 is 0 Å². The fraction of sp³-hybridized carbons (Fsp3) is 0.444. The predicted octanol–water partition coefficient (Wildman–Crippen LogP) is 3.27. The van der Waals surface area contributed by atoms with Crippen molar-refractivity contribution < 1.29 is 4.79 Å². The second-order valence-electron chi connectivity index (χ2n) is 6.63. The van der Waals surface area contributed by atoms with Crippen LogP contribution in [0, 0.1) is 13.8 Å². The monoisotopic (exact) mass is 367 g/mol. The van der Waals surface area contributed by atoms with Crippen LogP contribution in [0.1, 0.15) is 34.5 Å². The number of pyridine rings is 1. The fourth-order valence-corrected chi connectivity index (χ4v) is 3.83. The second kappa shape index (κ2) is 7.26. The molecular weight excluding hydrogens is 345 g/mol. The molecule has 6 heteroatoms. The van der Waals surface area contributed by atoms with Gasteiger partial charge < -0.3 is 10.2 Å². The van der Waals surface area contributed by atoms with Crippen molar-refractivity contribution in [1.29, 1.82) is 0 Å². The Morgan fingerprint density at radius 1 is 1.17 bits per heavy atom. The molecule has 2 bridgehead atoms. The summed E-state index contributed by atoms with van der Waals surface area (Å²) in [6, 6.07) is 8.95. The van der Waals surface area contributed by atoms with Gasteiger partial charge in [-0.2, -0.15) is 0 Å². The number of hydrogen-bond donors (Lipinski definition) is 1. The number of fused-ring (bicyclic) bond motifs is 3. The average Bonchev–Trinajstić information content (AvgIpc) is 2.85. The Morgan fingerprint density at radius 3 is 2.50 bits per heavy atom. The van der Waals surface area contributed by atoms with Gasteiger partial charge in [0.2, 0.25) is 0 Å². The molecule has 1 aromatic carbocycles. The summed E-state index contributed by atoms with van der Waals surface area (Å²) >= 11 is 0. The molecule has 130 valence electrons. The van der Waals surface area contributed by atoms with Crippen molar-refractivity contribution in [3.05, 3.63) is 41.1 Å². The number of aromatic nitrogens is 1. The lowest BCUT2D eigenvalue weighted by Crippen LogP contribution is -2.53. The van der Waals surface area contributed by atoms with Gasteiger partial charge in [0, 0.05) is 36.3 Å². The zero-order valence-corrected chi connectivity index (χ0v) is 15.5. The van der Waals surface area contributed by atoms with Crippen molar-refractivity contribution in [2.75, 3.05) is 13.1 Å². The highest BCUT2D eigenvalue weighted by Crippen LogP contribution is 2.26. The van der Waals surface area contributed by atoms with E-state index in [1.165, 1.54) is 12.8 Å². The lowest BCUT2D eigenvalue weighted by Gasteiger charge is -2.33. The van der Waals surface area contributed by atoms with Gasteiger partial charge in [0.1, 0.15) is 0 Å². The first-order chi connectivity index (χ1) is 10.6. The number of aryl methyl sites for hydroxylation is 2. The third-order valence-electron chi connectivity index (χ3n) is 4.90. The molecule has 4 rings (SSSR count). The highest BCUT2D eigenvalue weighted by molar-refractivity contribution is 6.06. The first kappa shape index (κ1) is 19.0. The quantitative estimate of drug-likeness (QED) is 0.840. The van der Waals surface area contributed by atoms with Crippen LogP contribution in [0.25, 0.3) is 10.9 Å². The Hall–Kier alpha value is -1.36. The van der Waals surface area contributed by atoms with Crippen molar-refractivity contribution in [2.24, 2.45) is 0 Å². The van der Waals surface area contributed by atoms with E-state index in [0.717, 1.165) is 40.8 Å². The van der Waals surface area contributed by atoms with Crippen LogP contribution in [-0.2, 0) is 0 Å². The van der Waals surface area contributed by atoms with Crippen molar-refractivity contribution >= 4 is 41.6 Å². The summed E-state index contributed by atoms with van der Waals surface area (Å²) < 4.78 is 0. The first-order valence-electron chi connectivity index (χ1n) is 8.04. The number of hydrogen-bond acceptors (Lipinski definition) is 3. The summed E-state index contributed by atoms with van der Waals surface area (Å²) in [5.41, 5.74) is 3.77. The molecule has 1 aromatic heterocycles. The topological polar surface area (TPSA) is 45.2 Å². The van der Waals surface area contributed by atoms with Crippen LogP contribution in [0.4, 0.5) is 0 Å². The highest BCUT2D eigenvalue weighted by Gasteiger charge is 2.35. The Morgan fingerprint density at radius 2 is 1.83 bits per heavy atom. The molecule has 0 spiro atoms. The standard InChI is InChI=1S/C18H21N3O.2ClH/c1-11-4-3-5-15-16(8-12(2)19-17(11)15)18(22)21-9-13-6-7-14(10-21)20-13;;/h3-5,8,13-14,20H,6-7,9-10H2,1-2H3;2*1H/t13-,14+;;. The molecule has 2 saturated heterocycles. The maximum atomic E-state index is 13.1. The number of nitrogens with one attached hydrogen (secondary N) is 1. The number of rotatable bonds is 1. The summed E-state index contributed by atoms with van der Waals surface area (Å²) in [4.78, 5) is 19.7. The van der Waals surface area contributed by atoms with E-state index >= 15 is 0 Å². The van der Waals surface area contributed by atoms with Crippen molar-refractivity contribution in [2.45, 2.75) is 38.8 Å². The van der Waals surface area contributed by atoms with E-state index in [9.17, 15) is 4.79 Å². The van der Waals surface area contributed by atoms with Crippen LogP contribution < -0.4 is 5.32 Å². The minimum Gasteiger partial charge on any atom is -0.336 e. The number of likely N-dealkylation sites (tertiary alicyclic amines) is 1. The first-order valence-corrected chi connectivity index (χ1v) is 8.04. The summed E-state index contributed by atoms with van der Waals surface area (Å²) in [6.07, 6.45) is 2.37. The Balaban J connectivity index is 0.00000104. The minimum atomic E-state index is 0. The SMILES string of the molecule is Cc1cc(C(=O)N2C[C@H]3CC[C@@H](C2)N3)c2cccc(C)c2n1.Cl.Cl. The molecule has 2 aliphatic heterocycles. The van der Waals surface area contributed by atoms with E-state index in [2.05, 4.69) is 10.3 Å². The number of benzene rings is 1. The molecule has 1 amide bonds. The van der Waals surface area contributed by atoms with Crippen molar-refractivity contribution in [3.63, 3.8) is 0 Å². The molecule has 0 unspecified atom stereocenters. The van der Waals surface area contributed by atoms with E-state index in [1.807, 2.05) is 43.0 Å². The van der Waals surface area contributed by atoms with Crippen molar-refractivity contribution in [3.8, 4) is 0 Å². The van der Waals surface area contributed by atoms with Crippen LogP contribution in [-0.4, -0.2) is 41.0 Å². The summed E-state index contributed by atoms with van der Waals surface area (Å²) in [5, 5.41) is 4.55. The third-order valence-corrected chi connectivity index (χ3v) is 4.90. The fourth-order valence-electron chi connectivity index (χ4n) is 3.83. The Bertz CT molecular complexity index is 753. The lowest BCUT2D eigenvalue weighted by atomic mass is 10.0. The molecular formula is C18H23Cl2N3O. The summed E-state index contributed by atoms with van der Waals surface area (Å²) in [5.74, 6) is 0.152. The number of nitrogens with zero attached hydrogens (tertiary/aromatic N) is 2. The zero-order valence-electron chi connectivity index (χ0n) is 13.9. The largest absolute Gasteiger partial charge is 0.336 e. The number of para-hydroxylation sites is 1. The van der Waals surface area contributed by atoms with Gasteiger partial charge in [-0.25, -0.2) is 0 Å². The zero-order chi connectivity index (χ0) is 15.3. The Kier molecular flexibility index (Phi) is 5.74. The van der Waals surface area contributed by atoms with E-state index in [-0.39, 0.29) is 30.7 Å². The number of amides is 1. The molecule has 2 aliphatic rings. The third kappa shape index (κ3) is 3.23. The predicted molar refractivity (Wildman–Crippen MR) is 102 cm³/mol. The molecule has 24 heavy (non-hydrogen) atoms. The van der Waals surface area contributed by atoms with Crippen LogP contribution >= 0.6 is 24.8 Å². The number of piperazine rings is 1. The number of carbonyl (C=O) groups excluding carboxylic acids is 1. The second-order valence-corrected chi connectivity index (χ2v) is 6.63. The van der Waals surface area contributed by atoms with Gasteiger partial charge in [0.05, 0.1) is 11.1 Å². The molecule has 3 heterocycles. The molecule has 2 fully saturated rings. The number of carbonyl (C=O) groups is 1. The van der Waals surface area contributed by atoms with Gasteiger partial charge in [0.25, 0.3) is 5.91 Å². The molecule has 1 N–H and O–H groups in total. The average molecular weight is 368 g/mol. The minimum absolute atomic E-state index is 0. The van der Waals surface area contributed by atoms with Crippen LogP contribution in [0.5, 0.6) is 0 Å². The van der Waals surface area contributed by atoms with E-state index < -0.39 is 0 Å². The molecule has 0 radical (unpaired) electrons. The van der Waals surface area contributed by atoms with Gasteiger partial charge in [-0.05, 0) is 38.3 Å². The molecule has 2 aromatic rings. The van der Waals surface area contributed by atoms with Crippen LogP contribution in [0.2, 0.25) is 0 Å². The lowest BCUT2D eigenvalue weighted by molar-refractivity contribution is 0.0699. The maximum Gasteiger partial charge on any atom is 0.254 e. The van der Waals surface area contributed by atoms with E-state index in [4.69, 9.17) is 0 Å². The summed E-state index contributed by atoms with van der Waals surface area (Å²) in [7, 11) is 0. The van der Waals surface area contributed by atoms with Gasteiger partial charge in [0.15, 0.2) is 0 Å². The van der Waals surface area contributed by atoms with E-state index in [0.29, 0.717) is 12.1 Å². The van der Waals surface area contributed by atoms with Crippen LogP contribution in [0.3, 0.4) is 0 Å².